The van der Waals surface area contributed by atoms with E-state index in [1.165, 1.54) is 0 Å². The van der Waals surface area contributed by atoms with E-state index >= 15 is 0 Å². The van der Waals surface area contributed by atoms with Gasteiger partial charge in [-0.15, -0.1) is 11.6 Å². The Hall–Kier alpha value is 0.210. The molecule has 1 rings (SSSR count). The summed E-state index contributed by atoms with van der Waals surface area (Å²) in [5, 5.41) is 0. The van der Waals surface area contributed by atoms with Gasteiger partial charge >= 0.3 is 0 Å². The summed E-state index contributed by atoms with van der Waals surface area (Å²) >= 11 is 5.60. The number of rotatable bonds is 4. The smallest absolute Gasteiger partial charge is 0.0906 e. The number of hydrogen-bond acceptors (Lipinski definition) is 2. The molecule has 0 saturated carbocycles. The highest BCUT2D eigenvalue weighted by molar-refractivity contribution is 6.18. The molecule has 0 radical (unpaired) electrons. The number of halogens is 1. The molecule has 1 fully saturated rings. The van der Waals surface area contributed by atoms with Gasteiger partial charge in [0.1, 0.15) is 0 Å². The van der Waals surface area contributed by atoms with Gasteiger partial charge in [0.15, 0.2) is 0 Å². The van der Waals surface area contributed by atoms with Crippen molar-refractivity contribution >= 4 is 11.6 Å². The third-order valence-corrected chi connectivity index (χ3v) is 2.18. The lowest BCUT2D eigenvalue weighted by Crippen LogP contribution is -2.61. The van der Waals surface area contributed by atoms with Gasteiger partial charge in [-0.3, -0.25) is 4.90 Å². The summed E-state index contributed by atoms with van der Waals surface area (Å²) in [4.78, 5) is 2.31. The minimum absolute atomic E-state index is 0.112. The lowest BCUT2D eigenvalue weighted by molar-refractivity contribution is -0.126. The van der Waals surface area contributed by atoms with Gasteiger partial charge in [-0.2, -0.15) is 0 Å². The molecular weight excluding hydrogens is 162 g/mol. The highest BCUT2D eigenvalue weighted by Gasteiger charge is 2.38. The first-order chi connectivity index (χ1) is 5.20. The zero-order valence-electron chi connectivity index (χ0n) is 7.27. The molecule has 0 amide bonds. The molecule has 0 bridgehead atoms. The second-order valence-corrected chi connectivity index (χ2v) is 3.66. The molecule has 1 saturated heterocycles. The first-order valence-corrected chi connectivity index (χ1v) is 4.66. The van der Waals surface area contributed by atoms with E-state index in [0.717, 1.165) is 32.1 Å². The molecule has 0 atom stereocenters. The van der Waals surface area contributed by atoms with Gasteiger partial charge in [0.05, 0.1) is 5.60 Å². The first-order valence-electron chi connectivity index (χ1n) is 4.12. The standard InChI is InChI=1S/C8H16ClNO/c1-3-11-8(2)6-10(7-8)5-4-9/h3-7H2,1-2H3. The Morgan fingerprint density at radius 3 is 2.64 bits per heavy atom. The van der Waals surface area contributed by atoms with E-state index < -0.39 is 0 Å². The predicted octanol–water partition coefficient (Wildman–Crippen LogP) is 1.34. The van der Waals surface area contributed by atoms with Crippen LogP contribution in [0.5, 0.6) is 0 Å². The number of hydrogen-bond donors (Lipinski definition) is 0. The van der Waals surface area contributed by atoms with E-state index in [1.807, 2.05) is 6.92 Å². The summed E-state index contributed by atoms with van der Waals surface area (Å²) < 4.78 is 5.56. The van der Waals surface area contributed by atoms with Crippen LogP contribution < -0.4 is 0 Å². The van der Waals surface area contributed by atoms with Crippen LogP contribution in [0, 0.1) is 0 Å². The van der Waals surface area contributed by atoms with Gasteiger partial charge in [-0.05, 0) is 13.8 Å². The molecule has 0 aromatic carbocycles. The molecular formula is C8H16ClNO. The molecule has 2 nitrogen and oxygen atoms in total. The molecule has 0 unspecified atom stereocenters. The number of nitrogens with zero attached hydrogens (tertiary/aromatic N) is 1. The number of ether oxygens (including phenoxy) is 1. The lowest BCUT2D eigenvalue weighted by Gasteiger charge is -2.47. The van der Waals surface area contributed by atoms with Crippen molar-refractivity contribution in [2.24, 2.45) is 0 Å². The number of likely N-dealkylation sites (tertiary alicyclic amines) is 1. The Morgan fingerprint density at radius 1 is 1.55 bits per heavy atom. The summed E-state index contributed by atoms with van der Waals surface area (Å²) in [6, 6.07) is 0. The van der Waals surface area contributed by atoms with E-state index in [4.69, 9.17) is 16.3 Å². The quantitative estimate of drug-likeness (QED) is 0.601. The first kappa shape index (κ1) is 9.30. The molecule has 3 heteroatoms. The third kappa shape index (κ3) is 2.32. The fraction of sp³-hybridized carbons (Fsp3) is 1.00. The van der Waals surface area contributed by atoms with Crippen molar-refractivity contribution in [3.8, 4) is 0 Å². The molecule has 0 spiro atoms. The van der Waals surface area contributed by atoms with Gasteiger partial charge in [0, 0.05) is 32.1 Å². The Bertz CT molecular complexity index is 123. The Balaban J connectivity index is 2.15. The van der Waals surface area contributed by atoms with Crippen molar-refractivity contribution in [1.82, 2.24) is 4.90 Å². The average Bonchev–Trinajstić information content (AvgIpc) is 1.85. The minimum atomic E-state index is 0.112. The van der Waals surface area contributed by atoms with Crippen LogP contribution in [0.4, 0.5) is 0 Å². The SMILES string of the molecule is CCOC1(C)CN(CCCl)C1. The Labute approximate surface area is 73.5 Å². The van der Waals surface area contributed by atoms with Gasteiger partial charge < -0.3 is 4.74 Å². The molecule has 0 aliphatic carbocycles. The highest BCUT2D eigenvalue weighted by atomic mass is 35.5. The van der Waals surface area contributed by atoms with Crippen molar-refractivity contribution < 1.29 is 4.74 Å². The van der Waals surface area contributed by atoms with Gasteiger partial charge in [-0.25, -0.2) is 0 Å². The molecule has 11 heavy (non-hydrogen) atoms. The molecule has 1 heterocycles. The predicted molar refractivity (Wildman–Crippen MR) is 47.2 cm³/mol. The number of alkyl halides is 1. The fourth-order valence-electron chi connectivity index (χ4n) is 1.62. The van der Waals surface area contributed by atoms with E-state index in [-0.39, 0.29) is 5.60 Å². The third-order valence-electron chi connectivity index (χ3n) is 2.01. The van der Waals surface area contributed by atoms with Crippen LogP contribution in [0.15, 0.2) is 0 Å². The van der Waals surface area contributed by atoms with E-state index in [1.54, 1.807) is 0 Å². The van der Waals surface area contributed by atoms with E-state index in [0.29, 0.717) is 0 Å². The van der Waals surface area contributed by atoms with Crippen LogP contribution >= 0.6 is 11.6 Å². The van der Waals surface area contributed by atoms with Crippen LogP contribution in [0.1, 0.15) is 13.8 Å². The topological polar surface area (TPSA) is 12.5 Å². The molecule has 0 aromatic rings. The van der Waals surface area contributed by atoms with Gasteiger partial charge in [0.2, 0.25) is 0 Å². The summed E-state index contributed by atoms with van der Waals surface area (Å²) in [6.45, 7) is 8.06. The van der Waals surface area contributed by atoms with Crippen molar-refractivity contribution in [2.75, 3.05) is 32.1 Å². The van der Waals surface area contributed by atoms with Crippen LogP contribution in [0.2, 0.25) is 0 Å². The molecule has 1 aliphatic heterocycles. The monoisotopic (exact) mass is 177 g/mol. The van der Waals surface area contributed by atoms with E-state index in [9.17, 15) is 0 Å². The maximum Gasteiger partial charge on any atom is 0.0906 e. The van der Waals surface area contributed by atoms with Gasteiger partial charge in [-0.1, -0.05) is 0 Å². The summed E-state index contributed by atoms with van der Waals surface area (Å²) in [6.07, 6.45) is 0. The van der Waals surface area contributed by atoms with Crippen molar-refractivity contribution in [2.45, 2.75) is 19.4 Å². The zero-order chi connectivity index (χ0) is 8.32. The Kier molecular flexibility index (Phi) is 3.16. The highest BCUT2D eigenvalue weighted by Crippen LogP contribution is 2.23. The maximum atomic E-state index is 5.60. The Morgan fingerprint density at radius 2 is 2.18 bits per heavy atom. The fourth-order valence-corrected chi connectivity index (χ4v) is 1.86. The second-order valence-electron chi connectivity index (χ2n) is 3.28. The zero-order valence-corrected chi connectivity index (χ0v) is 8.02. The van der Waals surface area contributed by atoms with Crippen LogP contribution in [0.3, 0.4) is 0 Å². The minimum Gasteiger partial charge on any atom is -0.373 e. The molecule has 1 aliphatic rings. The van der Waals surface area contributed by atoms with Gasteiger partial charge in [0.25, 0.3) is 0 Å². The normalized spacial score (nSPS) is 23.2. The summed E-state index contributed by atoms with van der Waals surface area (Å²) in [5.41, 5.74) is 0.112. The van der Waals surface area contributed by atoms with Crippen LogP contribution in [-0.4, -0.2) is 42.6 Å². The molecule has 66 valence electrons. The maximum absolute atomic E-state index is 5.60. The van der Waals surface area contributed by atoms with Crippen molar-refractivity contribution in [3.05, 3.63) is 0 Å². The summed E-state index contributed by atoms with van der Waals surface area (Å²) in [7, 11) is 0. The lowest BCUT2D eigenvalue weighted by atomic mass is 9.97. The second kappa shape index (κ2) is 3.74. The van der Waals surface area contributed by atoms with Crippen molar-refractivity contribution in [3.63, 3.8) is 0 Å². The molecule has 0 N–H and O–H groups in total. The average molecular weight is 178 g/mol. The van der Waals surface area contributed by atoms with Crippen LogP contribution in [-0.2, 0) is 4.74 Å². The largest absolute Gasteiger partial charge is 0.373 e. The van der Waals surface area contributed by atoms with Crippen LogP contribution in [0.25, 0.3) is 0 Å². The molecule has 0 aromatic heterocycles. The van der Waals surface area contributed by atoms with Crippen molar-refractivity contribution in [1.29, 1.82) is 0 Å². The summed E-state index contributed by atoms with van der Waals surface area (Å²) in [5.74, 6) is 0.724. The van der Waals surface area contributed by atoms with E-state index in [2.05, 4.69) is 11.8 Å².